The molecule has 0 fully saturated rings. The Morgan fingerprint density at radius 2 is 1.85 bits per heavy atom. The number of rotatable bonds is 3. The molecule has 0 aliphatic heterocycles. The zero-order valence-corrected chi connectivity index (χ0v) is 12.3. The normalized spacial score (nSPS) is 10.8. The molecule has 0 unspecified atom stereocenters. The zero-order chi connectivity index (χ0) is 15.5. The lowest BCUT2D eigenvalue weighted by Crippen LogP contribution is -2.34. The van der Waals surface area contributed by atoms with Crippen LogP contribution >= 0.6 is 0 Å². The van der Waals surface area contributed by atoms with Gasteiger partial charge in [-0.15, -0.1) is 0 Å². The topological polar surface area (TPSA) is 76.1 Å². The highest BCUT2D eigenvalue weighted by Gasteiger charge is 2.24. The third-order valence-electron chi connectivity index (χ3n) is 2.46. The van der Waals surface area contributed by atoms with Crippen LogP contribution in [0.1, 0.15) is 31.1 Å². The molecule has 0 radical (unpaired) electrons. The number of carbonyl (C=O) groups is 2. The van der Waals surface area contributed by atoms with Crippen LogP contribution in [0.4, 0.5) is 10.5 Å². The largest absolute Gasteiger partial charge is 0.497 e. The average Bonchev–Trinajstić information content (AvgIpc) is 2.34. The van der Waals surface area contributed by atoms with Crippen LogP contribution in [0.15, 0.2) is 18.2 Å². The standard InChI is InChI=1S/C14H19NO5/c1-14(2,3)20-13(18)15(4)11-8-9(19-5)6-7-10(11)12(16)17/h6-8H,1-5H3,(H,16,17). The van der Waals surface area contributed by atoms with Gasteiger partial charge in [-0.1, -0.05) is 0 Å². The van der Waals surface area contributed by atoms with E-state index in [1.807, 2.05) is 0 Å². The molecule has 0 aliphatic carbocycles. The minimum atomic E-state index is -1.13. The van der Waals surface area contributed by atoms with Crippen molar-refractivity contribution in [2.75, 3.05) is 19.1 Å². The van der Waals surface area contributed by atoms with Gasteiger partial charge in [0, 0.05) is 13.1 Å². The number of aromatic carboxylic acids is 1. The summed E-state index contributed by atoms with van der Waals surface area (Å²) in [5.74, 6) is -0.668. The van der Waals surface area contributed by atoms with Crippen LogP contribution in [0.3, 0.4) is 0 Å². The molecule has 110 valence electrons. The first-order valence-corrected chi connectivity index (χ1v) is 6.03. The third kappa shape index (κ3) is 3.88. The SMILES string of the molecule is COc1ccc(C(=O)O)c(N(C)C(=O)OC(C)(C)C)c1. The maximum Gasteiger partial charge on any atom is 0.414 e. The molecule has 6 nitrogen and oxygen atoms in total. The molecule has 0 saturated carbocycles. The summed E-state index contributed by atoms with van der Waals surface area (Å²) in [7, 11) is 2.92. The Kier molecular flexibility index (Phi) is 4.60. The molecule has 0 bridgehead atoms. The molecule has 0 heterocycles. The molecule has 6 heteroatoms. The predicted molar refractivity (Wildman–Crippen MR) is 74.6 cm³/mol. The lowest BCUT2D eigenvalue weighted by molar-refractivity contribution is 0.0589. The van der Waals surface area contributed by atoms with Crippen molar-refractivity contribution in [1.82, 2.24) is 0 Å². The summed E-state index contributed by atoms with van der Waals surface area (Å²) >= 11 is 0. The predicted octanol–water partition coefficient (Wildman–Crippen LogP) is 2.76. The second-order valence-corrected chi connectivity index (χ2v) is 5.23. The summed E-state index contributed by atoms with van der Waals surface area (Å²) in [6.07, 6.45) is -0.631. The second kappa shape index (κ2) is 5.81. The quantitative estimate of drug-likeness (QED) is 0.921. The van der Waals surface area contributed by atoms with Gasteiger partial charge in [-0.3, -0.25) is 4.90 Å². The lowest BCUT2D eigenvalue weighted by atomic mass is 10.1. The molecular weight excluding hydrogens is 262 g/mol. The van der Waals surface area contributed by atoms with E-state index >= 15 is 0 Å². The van der Waals surface area contributed by atoms with Crippen LogP contribution in [-0.4, -0.2) is 36.9 Å². The van der Waals surface area contributed by atoms with Crippen molar-refractivity contribution in [3.05, 3.63) is 23.8 Å². The maximum absolute atomic E-state index is 12.0. The van der Waals surface area contributed by atoms with E-state index in [0.29, 0.717) is 5.75 Å². The Morgan fingerprint density at radius 3 is 2.30 bits per heavy atom. The molecule has 0 spiro atoms. The number of carbonyl (C=O) groups excluding carboxylic acids is 1. The number of hydrogen-bond acceptors (Lipinski definition) is 4. The van der Waals surface area contributed by atoms with Crippen LogP contribution in [0.5, 0.6) is 5.75 Å². The molecule has 1 aromatic rings. The number of anilines is 1. The number of ether oxygens (including phenoxy) is 2. The van der Waals surface area contributed by atoms with Crippen molar-refractivity contribution in [2.45, 2.75) is 26.4 Å². The summed E-state index contributed by atoms with van der Waals surface area (Å²) < 4.78 is 10.3. The van der Waals surface area contributed by atoms with Crippen LogP contribution in [0.2, 0.25) is 0 Å². The van der Waals surface area contributed by atoms with Gasteiger partial charge in [-0.2, -0.15) is 0 Å². The molecule has 1 rings (SSSR count). The molecule has 1 N–H and O–H groups in total. The highest BCUT2D eigenvalue weighted by molar-refractivity contribution is 6.00. The molecule has 20 heavy (non-hydrogen) atoms. The van der Waals surface area contributed by atoms with Crippen LogP contribution < -0.4 is 9.64 Å². The molecule has 1 aromatic carbocycles. The van der Waals surface area contributed by atoms with Gasteiger partial charge < -0.3 is 14.6 Å². The number of amides is 1. The Morgan fingerprint density at radius 1 is 1.25 bits per heavy atom. The first kappa shape index (κ1) is 15.8. The van der Waals surface area contributed by atoms with Crippen molar-refractivity contribution in [2.24, 2.45) is 0 Å². The summed E-state index contributed by atoms with van der Waals surface area (Å²) in [4.78, 5) is 24.4. The van der Waals surface area contributed by atoms with Crippen LogP contribution in [0, 0.1) is 0 Å². The third-order valence-corrected chi connectivity index (χ3v) is 2.46. The molecular formula is C14H19NO5. The van der Waals surface area contributed by atoms with Crippen LogP contribution in [-0.2, 0) is 4.74 Å². The average molecular weight is 281 g/mol. The van der Waals surface area contributed by atoms with Gasteiger partial charge in [0.05, 0.1) is 18.4 Å². The number of hydrogen-bond donors (Lipinski definition) is 1. The molecule has 0 aliphatic rings. The number of methoxy groups -OCH3 is 1. The van der Waals surface area contributed by atoms with E-state index in [-0.39, 0.29) is 11.3 Å². The Hall–Kier alpha value is -2.24. The van der Waals surface area contributed by atoms with Crippen molar-refractivity contribution >= 4 is 17.7 Å². The molecule has 0 atom stereocenters. The van der Waals surface area contributed by atoms with E-state index in [1.165, 1.54) is 32.4 Å². The van der Waals surface area contributed by atoms with Gasteiger partial charge in [0.1, 0.15) is 11.4 Å². The van der Waals surface area contributed by atoms with E-state index in [1.54, 1.807) is 20.8 Å². The van der Waals surface area contributed by atoms with Crippen molar-refractivity contribution in [3.8, 4) is 5.75 Å². The van der Waals surface area contributed by atoms with E-state index in [2.05, 4.69) is 0 Å². The fourth-order valence-electron chi connectivity index (χ4n) is 1.53. The van der Waals surface area contributed by atoms with E-state index in [9.17, 15) is 14.7 Å². The lowest BCUT2D eigenvalue weighted by Gasteiger charge is -2.25. The highest BCUT2D eigenvalue weighted by atomic mass is 16.6. The second-order valence-electron chi connectivity index (χ2n) is 5.23. The highest BCUT2D eigenvalue weighted by Crippen LogP contribution is 2.26. The van der Waals surface area contributed by atoms with Gasteiger partial charge in [-0.25, -0.2) is 9.59 Å². The van der Waals surface area contributed by atoms with Gasteiger partial charge in [0.15, 0.2) is 0 Å². The first-order chi connectivity index (χ1) is 9.15. The van der Waals surface area contributed by atoms with E-state index < -0.39 is 17.7 Å². The fraction of sp³-hybridized carbons (Fsp3) is 0.429. The van der Waals surface area contributed by atoms with Crippen molar-refractivity contribution in [1.29, 1.82) is 0 Å². The zero-order valence-electron chi connectivity index (χ0n) is 12.3. The van der Waals surface area contributed by atoms with Crippen molar-refractivity contribution in [3.63, 3.8) is 0 Å². The Balaban J connectivity index is 3.15. The monoisotopic (exact) mass is 281 g/mol. The Labute approximate surface area is 117 Å². The summed E-state index contributed by atoms with van der Waals surface area (Å²) in [6, 6.07) is 4.39. The van der Waals surface area contributed by atoms with Crippen LogP contribution in [0.25, 0.3) is 0 Å². The van der Waals surface area contributed by atoms with Gasteiger partial charge >= 0.3 is 12.1 Å². The van der Waals surface area contributed by atoms with E-state index in [0.717, 1.165) is 4.90 Å². The number of carboxylic acids is 1. The number of carboxylic acid groups (broad SMARTS) is 1. The van der Waals surface area contributed by atoms with E-state index in [4.69, 9.17) is 9.47 Å². The summed E-state index contributed by atoms with van der Waals surface area (Å²) in [5, 5.41) is 9.17. The smallest absolute Gasteiger partial charge is 0.414 e. The molecule has 0 aromatic heterocycles. The fourth-order valence-corrected chi connectivity index (χ4v) is 1.53. The Bertz CT molecular complexity index is 519. The minimum Gasteiger partial charge on any atom is -0.497 e. The van der Waals surface area contributed by atoms with Gasteiger partial charge in [0.2, 0.25) is 0 Å². The van der Waals surface area contributed by atoms with Gasteiger partial charge in [0.25, 0.3) is 0 Å². The van der Waals surface area contributed by atoms with Gasteiger partial charge in [-0.05, 0) is 32.9 Å². The summed E-state index contributed by atoms with van der Waals surface area (Å²) in [6.45, 7) is 5.22. The summed E-state index contributed by atoms with van der Waals surface area (Å²) in [5.41, 5.74) is -0.446. The van der Waals surface area contributed by atoms with Crippen molar-refractivity contribution < 1.29 is 24.2 Å². The minimum absolute atomic E-state index is 0.000779. The number of nitrogens with zero attached hydrogens (tertiary/aromatic N) is 1. The molecule has 1 amide bonds. The maximum atomic E-state index is 12.0. The molecule has 0 saturated heterocycles. The first-order valence-electron chi connectivity index (χ1n) is 6.03. The number of benzene rings is 1.